The zero-order valence-electron chi connectivity index (χ0n) is 14.4. The predicted molar refractivity (Wildman–Crippen MR) is 88.5 cm³/mol. The summed E-state index contributed by atoms with van der Waals surface area (Å²) in [5.74, 6) is 0.851. The molecule has 1 aromatic carbocycles. The highest BCUT2D eigenvalue weighted by molar-refractivity contribution is 6.74. The SMILES string of the molecule is CC(=O)c1c(O[Si](C)(C)C(C)(C)C)cc(C)c(C)c1C. The maximum Gasteiger partial charge on any atom is 0.250 e. The monoisotopic (exact) mass is 292 g/mol. The minimum atomic E-state index is -1.94. The fraction of sp³-hybridized carbons (Fsp3) is 0.588. The lowest BCUT2D eigenvalue weighted by molar-refractivity contribution is 0.101. The number of Topliss-reactive ketones (excluding diaryl/α,β-unsaturated/α-hetero) is 1. The van der Waals surface area contributed by atoms with Gasteiger partial charge in [0.2, 0.25) is 0 Å². The molecule has 1 aromatic rings. The van der Waals surface area contributed by atoms with Crippen LogP contribution in [-0.2, 0) is 0 Å². The fourth-order valence-electron chi connectivity index (χ4n) is 1.99. The van der Waals surface area contributed by atoms with E-state index in [0.717, 1.165) is 16.9 Å². The molecule has 0 unspecified atom stereocenters. The lowest BCUT2D eigenvalue weighted by Gasteiger charge is -2.37. The van der Waals surface area contributed by atoms with Crippen LogP contribution in [-0.4, -0.2) is 14.1 Å². The van der Waals surface area contributed by atoms with E-state index >= 15 is 0 Å². The van der Waals surface area contributed by atoms with E-state index in [1.807, 2.05) is 13.0 Å². The van der Waals surface area contributed by atoms with Crippen LogP contribution >= 0.6 is 0 Å². The highest BCUT2D eigenvalue weighted by atomic mass is 28.4. The van der Waals surface area contributed by atoms with Gasteiger partial charge in [-0.25, -0.2) is 0 Å². The number of hydrogen-bond acceptors (Lipinski definition) is 2. The van der Waals surface area contributed by atoms with Gasteiger partial charge in [0.1, 0.15) is 5.75 Å². The average molecular weight is 292 g/mol. The van der Waals surface area contributed by atoms with Crippen molar-refractivity contribution >= 4 is 14.1 Å². The molecule has 0 aliphatic carbocycles. The average Bonchev–Trinajstić information content (AvgIpc) is 2.23. The zero-order valence-corrected chi connectivity index (χ0v) is 15.4. The molecule has 0 heterocycles. The minimum absolute atomic E-state index is 0.0827. The summed E-state index contributed by atoms with van der Waals surface area (Å²) in [4.78, 5) is 12.0. The molecule has 0 fully saturated rings. The van der Waals surface area contributed by atoms with Crippen LogP contribution in [0.1, 0.15) is 54.7 Å². The smallest absolute Gasteiger partial charge is 0.250 e. The molecule has 0 spiro atoms. The van der Waals surface area contributed by atoms with Gasteiger partial charge in [-0.2, -0.15) is 0 Å². The van der Waals surface area contributed by atoms with Crippen molar-refractivity contribution in [1.82, 2.24) is 0 Å². The first-order valence-electron chi connectivity index (χ1n) is 7.19. The molecule has 1 rings (SSSR count). The van der Waals surface area contributed by atoms with Crippen LogP contribution in [0.2, 0.25) is 18.1 Å². The topological polar surface area (TPSA) is 26.3 Å². The molecule has 0 amide bonds. The molecule has 20 heavy (non-hydrogen) atoms. The van der Waals surface area contributed by atoms with E-state index in [2.05, 4.69) is 47.7 Å². The first-order valence-corrected chi connectivity index (χ1v) is 10.1. The summed E-state index contributed by atoms with van der Waals surface area (Å²) >= 11 is 0. The van der Waals surface area contributed by atoms with Crippen molar-refractivity contribution in [3.8, 4) is 5.75 Å². The van der Waals surface area contributed by atoms with Crippen LogP contribution < -0.4 is 4.43 Å². The van der Waals surface area contributed by atoms with E-state index in [4.69, 9.17) is 4.43 Å². The number of hydrogen-bond donors (Lipinski definition) is 0. The Balaban J connectivity index is 3.43. The highest BCUT2D eigenvalue weighted by Gasteiger charge is 2.39. The van der Waals surface area contributed by atoms with Crippen LogP contribution in [0.25, 0.3) is 0 Å². The Hall–Kier alpha value is -1.09. The number of rotatable bonds is 3. The number of carbonyl (C=O) groups is 1. The summed E-state index contributed by atoms with van der Waals surface area (Å²) in [6.45, 7) is 18.8. The van der Waals surface area contributed by atoms with E-state index < -0.39 is 8.32 Å². The van der Waals surface area contributed by atoms with Crippen molar-refractivity contribution in [3.63, 3.8) is 0 Å². The summed E-state index contributed by atoms with van der Waals surface area (Å²) < 4.78 is 6.39. The minimum Gasteiger partial charge on any atom is -0.543 e. The zero-order chi connectivity index (χ0) is 15.9. The van der Waals surface area contributed by atoms with Crippen molar-refractivity contribution in [2.75, 3.05) is 0 Å². The Kier molecular flexibility index (Phi) is 4.54. The van der Waals surface area contributed by atoms with Gasteiger partial charge in [0.05, 0.1) is 5.56 Å². The van der Waals surface area contributed by atoms with Gasteiger partial charge < -0.3 is 4.43 Å². The van der Waals surface area contributed by atoms with Crippen molar-refractivity contribution in [2.45, 2.75) is 66.6 Å². The van der Waals surface area contributed by atoms with E-state index in [0.29, 0.717) is 0 Å². The van der Waals surface area contributed by atoms with Gasteiger partial charge in [0.25, 0.3) is 8.32 Å². The summed E-state index contributed by atoms with van der Waals surface area (Å²) in [6.07, 6.45) is 0. The molecular weight excluding hydrogens is 264 g/mol. The number of ketones is 1. The van der Waals surface area contributed by atoms with Gasteiger partial charge in [-0.1, -0.05) is 20.8 Å². The Bertz CT molecular complexity index is 537. The molecule has 2 nitrogen and oxygen atoms in total. The van der Waals surface area contributed by atoms with Crippen LogP contribution in [0.4, 0.5) is 0 Å². The number of aryl methyl sites for hydroxylation is 1. The van der Waals surface area contributed by atoms with Gasteiger partial charge in [-0.3, -0.25) is 4.79 Å². The molecule has 0 aromatic heterocycles. The van der Waals surface area contributed by atoms with E-state index in [1.165, 1.54) is 11.1 Å². The molecule has 0 radical (unpaired) electrons. The van der Waals surface area contributed by atoms with E-state index in [1.54, 1.807) is 6.92 Å². The maximum atomic E-state index is 12.0. The van der Waals surface area contributed by atoms with Crippen LogP contribution in [0.3, 0.4) is 0 Å². The molecule has 0 aliphatic heterocycles. The molecule has 0 N–H and O–H groups in total. The van der Waals surface area contributed by atoms with Crippen LogP contribution in [0.15, 0.2) is 6.07 Å². The molecule has 112 valence electrons. The summed E-state index contributed by atoms with van der Waals surface area (Å²) in [5, 5.41) is 0.119. The second-order valence-corrected chi connectivity index (χ2v) is 12.0. The lowest BCUT2D eigenvalue weighted by Crippen LogP contribution is -2.44. The molecule has 0 aliphatic rings. The van der Waals surface area contributed by atoms with E-state index in [-0.39, 0.29) is 10.8 Å². The van der Waals surface area contributed by atoms with Gasteiger partial charge in [0.15, 0.2) is 5.78 Å². The predicted octanol–water partition coefficient (Wildman–Crippen LogP) is 5.20. The van der Waals surface area contributed by atoms with Crippen molar-refractivity contribution in [2.24, 2.45) is 0 Å². The van der Waals surface area contributed by atoms with Crippen molar-refractivity contribution in [1.29, 1.82) is 0 Å². The van der Waals surface area contributed by atoms with Gasteiger partial charge in [-0.15, -0.1) is 0 Å². The van der Waals surface area contributed by atoms with Gasteiger partial charge in [-0.05, 0) is 68.6 Å². The highest BCUT2D eigenvalue weighted by Crippen LogP contribution is 2.39. The first-order chi connectivity index (χ1) is 8.88. The molecular formula is C17H28O2Si. The fourth-order valence-corrected chi connectivity index (χ4v) is 3.01. The van der Waals surface area contributed by atoms with Crippen molar-refractivity contribution < 1.29 is 9.22 Å². The quantitative estimate of drug-likeness (QED) is 0.565. The molecule has 0 saturated heterocycles. The maximum absolute atomic E-state index is 12.0. The molecule has 0 saturated carbocycles. The summed E-state index contributed by atoms with van der Waals surface area (Å²) in [5.41, 5.74) is 4.16. The van der Waals surface area contributed by atoms with Gasteiger partial charge in [0, 0.05) is 0 Å². The lowest BCUT2D eigenvalue weighted by atomic mass is 9.96. The Morgan fingerprint density at radius 1 is 1.10 bits per heavy atom. The Morgan fingerprint density at radius 2 is 1.60 bits per heavy atom. The third kappa shape index (κ3) is 3.14. The molecule has 0 atom stereocenters. The van der Waals surface area contributed by atoms with Crippen LogP contribution in [0.5, 0.6) is 5.75 Å². The molecule has 3 heteroatoms. The summed E-state index contributed by atoms with van der Waals surface area (Å²) in [7, 11) is -1.94. The third-order valence-corrected chi connectivity index (χ3v) is 8.99. The third-order valence-electron chi connectivity index (χ3n) is 4.65. The first kappa shape index (κ1) is 17.0. The Labute approximate surface area is 124 Å². The summed E-state index contributed by atoms with van der Waals surface area (Å²) in [6, 6.07) is 2.03. The second-order valence-electron chi connectivity index (χ2n) is 7.24. The number of carbonyl (C=O) groups excluding carboxylic acids is 1. The van der Waals surface area contributed by atoms with Gasteiger partial charge >= 0.3 is 0 Å². The van der Waals surface area contributed by atoms with Crippen molar-refractivity contribution in [3.05, 3.63) is 28.3 Å². The Morgan fingerprint density at radius 3 is 2.00 bits per heavy atom. The second kappa shape index (κ2) is 5.36. The van der Waals surface area contributed by atoms with Crippen LogP contribution in [0, 0.1) is 20.8 Å². The largest absolute Gasteiger partial charge is 0.543 e. The molecule has 0 bridgehead atoms. The normalized spacial score (nSPS) is 12.4. The number of benzene rings is 1. The standard InChI is InChI=1S/C17H28O2Si/c1-11-10-15(19-20(8,9)17(5,6)7)16(14(4)18)13(3)12(11)2/h10H,1-9H3. The van der Waals surface area contributed by atoms with E-state index in [9.17, 15) is 4.79 Å².